The minimum Gasteiger partial charge on any atom is -0.479 e. The summed E-state index contributed by atoms with van der Waals surface area (Å²) < 4.78 is 0. The Morgan fingerprint density at radius 3 is 2.56 bits per heavy atom. The second kappa shape index (κ2) is 4.69. The number of hydrogen-bond acceptors (Lipinski definition) is 3. The Morgan fingerprint density at radius 2 is 2.12 bits per heavy atom. The van der Waals surface area contributed by atoms with Crippen LogP contribution >= 0.6 is 0 Å². The van der Waals surface area contributed by atoms with Gasteiger partial charge in [0, 0.05) is 6.04 Å². The molecule has 0 bridgehead atoms. The van der Waals surface area contributed by atoms with Gasteiger partial charge in [-0.15, -0.1) is 0 Å². The first kappa shape index (κ1) is 12.8. The Bertz CT molecular complexity index is 291. The van der Waals surface area contributed by atoms with Gasteiger partial charge >= 0.3 is 12.0 Å². The zero-order chi connectivity index (χ0) is 12.3. The monoisotopic (exact) mass is 230 g/mol. The predicted octanol–water partition coefficient (Wildman–Crippen LogP) is -0.0803. The molecular formula is C10H18N2O4. The third-order valence-corrected chi connectivity index (χ3v) is 2.82. The molecule has 0 radical (unpaired) electrons. The fourth-order valence-corrected chi connectivity index (χ4v) is 1.42. The normalized spacial score (nSPS) is 26.7. The zero-order valence-electron chi connectivity index (χ0n) is 9.49. The van der Waals surface area contributed by atoms with Crippen molar-refractivity contribution in [3.05, 3.63) is 0 Å². The number of carbonyl (C=O) groups is 2. The maximum atomic E-state index is 11.3. The van der Waals surface area contributed by atoms with Gasteiger partial charge in [-0.25, -0.2) is 9.59 Å². The minimum atomic E-state index is -1.93. The van der Waals surface area contributed by atoms with Gasteiger partial charge < -0.3 is 20.8 Å². The molecule has 0 saturated heterocycles. The number of nitrogens with one attached hydrogen (secondary N) is 2. The molecule has 0 aromatic rings. The number of carboxylic acid groups (broad SMARTS) is 1. The van der Waals surface area contributed by atoms with Gasteiger partial charge in [0.1, 0.15) is 0 Å². The van der Waals surface area contributed by atoms with Crippen LogP contribution in [0.2, 0.25) is 0 Å². The van der Waals surface area contributed by atoms with E-state index in [-0.39, 0.29) is 12.6 Å². The van der Waals surface area contributed by atoms with Crippen LogP contribution in [-0.4, -0.2) is 40.4 Å². The van der Waals surface area contributed by atoms with Crippen LogP contribution in [0.3, 0.4) is 0 Å². The van der Waals surface area contributed by atoms with Crippen LogP contribution in [0.4, 0.5) is 4.79 Å². The van der Waals surface area contributed by atoms with Crippen molar-refractivity contribution >= 4 is 12.0 Å². The van der Waals surface area contributed by atoms with Crippen molar-refractivity contribution in [2.45, 2.75) is 38.3 Å². The Labute approximate surface area is 94.0 Å². The number of amides is 2. The van der Waals surface area contributed by atoms with Gasteiger partial charge in [0.25, 0.3) is 0 Å². The first-order valence-corrected chi connectivity index (χ1v) is 5.37. The number of carbonyl (C=O) groups excluding carboxylic acids is 1. The highest BCUT2D eigenvalue weighted by Crippen LogP contribution is 2.32. The van der Waals surface area contributed by atoms with E-state index < -0.39 is 17.6 Å². The molecule has 3 unspecified atom stereocenters. The van der Waals surface area contributed by atoms with E-state index in [0.717, 1.165) is 19.8 Å². The van der Waals surface area contributed by atoms with Gasteiger partial charge in [-0.1, -0.05) is 13.3 Å². The summed E-state index contributed by atoms with van der Waals surface area (Å²) in [5.41, 5.74) is -1.93. The minimum absolute atomic E-state index is 0.194. The third kappa shape index (κ3) is 3.37. The first-order chi connectivity index (χ1) is 7.36. The molecular weight excluding hydrogens is 212 g/mol. The largest absolute Gasteiger partial charge is 0.479 e. The van der Waals surface area contributed by atoms with E-state index in [1.54, 1.807) is 0 Å². The molecule has 6 nitrogen and oxygen atoms in total. The summed E-state index contributed by atoms with van der Waals surface area (Å²) >= 11 is 0. The molecule has 1 aliphatic rings. The maximum Gasteiger partial charge on any atom is 0.337 e. The lowest BCUT2D eigenvalue weighted by atomic mass is 10.1. The predicted molar refractivity (Wildman–Crippen MR) is 57.0 cm³/mol. The summed E-state index contributed by atoms with van der Waals surface area (Å²) in [5.74, 6) is -0.823. The molecule has 0 aliphatic heterocycles. The van der Waals surface area contributed by atoms with Crippen molar-refractivity contribution in [1.82, 2.24) is 10.6 Å². The van der Waals surface area contributed by atoms with Crippen LogP contribution in [-0.2, 0) is 4.79 Å². The summed E-state index contributed by atoms with van der Waals surface area (Å²) in [4.78, 5) is 21.8. The standard InChI is InChI=1S/C10H18N2O4/c1-3-6-4-7(6)12-9(15)11-5-10(2,16)8(13)14/h6-7,16H,3-5H2,1-2H3,(H,13,14)(H2,11,12,15). The molecule has 0 aromatic carbocycles. The average molecular weight is 230 g/mol. The smallest absolute Gasteiger partial charge is 0.337 e. The lowest BCUT2D eigenvalue weighted by Crippen LogP contribution is -2.49. The number of urea groups is 1. The second-order valence-corrected chi connectivity index (χ2v) is 4.42. The van der Waals surface area contributed by atoms with Crippen LogP contribution in [0.5, 0.6) is 0 Å². The van der Waals surface area contributed by atoms with Gasteiger partial charge in [0.15, 0.2) is 5.60 Å². The Kier molecular flexibility index (Phi) is 3.74. The molecule has 4 N–H and O–H groups in total. The summed E-state index contributed by atoms with van der Waals surface area (Å²) in [5, 5.41) is 23.0. The summed E-state index contributed by atoms with van der Waals surface area (Å²) in [6.07, 6.45) is 2.00. The number of aliphatic hydroxyl groups is 1. The lowest BCUT2D eigenvalue weighted by molar-refractivity contribution is -0.155. The van der Waals surface area contributed by atoms with E-state index in [9.17, 15) is 14.7 Å². The van der Waals surface area contributed by atoms with Gasteiger partial charge in [-0.2, -0.15) is 0 Å². The van der Waals surface area contributed by atoms with Crippen molar-refractivity contribution in [1.29, 1.82) is 0 Å². The van der Waals surface area contributed by atoms with E-state index in [1.807, 2.05) is 0 Å². The second-order valence-electron chi connectivity index (χ2n) is 4.42. The molecule has 0 heterocycles. The summed E-state index contributed by atoms with van der Waals surface area (Å²) in [6, 6.07) is -0.234. The number of aliphatic carboxylic acids is 1. The molecule has 0 spiro atoms. The van der Waals surface area contributed by atoms with E-state index in [0.29, 0.717) is 5.92 Å². The molecule has 6 heteroatoms. The quantitative estimate of drug-likeness (QED) is 0.531. The van der Waals surface area contributed by atoms with E-state index >= 15 is 0 Å². The fourth-order valence-electron chi connectivity index (χ4n) is 1.42. The SMILES string of the molecule is CCC1CC1NC(=O)NCC(C)(O)C(=O)O. The molecule has 16 heavy (non-hydrogen) atoms. The summed E-state index contributed by atoms with van der Waals surface area (Å²) in [7, 11) is 0. The molecule has 1 fully saturated rings. The third-order valence-electron chi connectivity index (χ3n) is 2.82. The molecule has 1 saturated carbocycles. The van der Waals surface area contributed by atoms with Crippen LogP contribution in [0.15, 0.2) is 0 Å². The summed E-state index contributed by atoms with van der Waals surface area (Å²) in [6.45, 7) is 2.89. The molecule has 3 atom stereocenters. The van der Waals surface area contributed by atoms with E-state index in [2.05, 4.69) is 17.6 Å². The van der Waals surface area contributed by atoms with Crippen LogP contribution < -0.4 is 10.6 Å². The molecule has 1 rings (SSSR count). The van der Waals surface area contributed by atoms with Crippen LogP contribution in [0.25, 0.3) is 0 Å². The highest BCUT2D eigenvalue weighted by molar-refractivity contribution is 5.79. The van der Waals surface area contributed by atoms with Gasteiger partial charge in [-0.3, -0.25) is 0 Å². The zero-order valence-corrected chi connectivity index (χ0v) is 9.49. The van der Waals surface area contributed by atoms with E-state index in [1.165, 1.54) is 0 Å². The highest BCUT2D eigenvalue weighted by Gasteiger charge is 2.37. The number of hydrogen-bond donors (Lipinski definition) is 4. The van der Waals surface area contributed by atoms with Crippen LogP contribution in [0, 0.1) is 5.92 Å². The number of carboxylic acids is 1. The topological polar surface area (TPSA) is 98.7 Å². The Hall–Kier alpha value is -1.30. The van der Waals surface area contributed by atoms with E-state index in [4.69, 9.17) is 5.11 Å². The van der Waals surface area contributed by atoms with Crippen LogP contribution in [0.1, 0.15) is 26.7 Å². The highest BCUT2D eigenvalue weighted by atomic mass is 16.4. The molecule has 0 aromatic heterocycles. The molecule has 92 valence electrons. The first-order valence-electron chi connectivity index (χ1n) is 5.37. The van der Waals surface area contributed by atoms with Gasteiger partial charge in [-0.05, 0) is 19.3 Å². The Balaban J connectivity index is 2.23. The fraction of sp³-hybridized carbons (Fsp3) is 0.800. The van der Waals surface area contributed by atoms with Crippen molar-refractivity contribution in [2.24, 2.45) is 5.92 Å². The molecule has 2 amide bonds. The lowest BCUT2D eigenvalue weighted by Gasteiger charge is -2.18. The van der Waals surface area contributed by atoms with Crippen molar-refractivity contribution in [2.75, 3.05) is 6.54 Å². The average Bonchev–Trinajstić information content (AvgIpc) is 2.93. The van der Waals surface area contributed by atoms with Crippen molar-refractivity contribution in [3.63, 3.8) is 0 Å². The molecule has 1 aliphatic carbocycles. The van der Waals surface area contributed by atoms with Gasteiger partial charge in [0.2, 0.25) is 0 Å². The van der Waals surface area contributed by atoms with Gasteiger partial charge in [0.05, 0.1) is 6.54 Å². The van der Waals surface area contributed by atoms with Crippen molar-refractivity contribution in [3.8, 4) is 0 Å². The number of rotatable bonds is 5. The Morgan fingerprint density at radius 1 is 1.50 bits per heavy atom. The maximum absolute atomic E-state index is 11.3. The van der Waals surface area contributed by atoms with Crippen molar-refractivity contribution < 1.29 is 19.8 Å².